The maximum absolute atomic E-state index is 13.4. The molecule has 1 aliphatic heterocycles. The fraction of sp³-hybridized carbons (Fsp3) is 0.364. The summed E-state index contributed by atoms with van der Waals surface area (Å²) in [5.41, 5.74) is 1.91. The number of Topliss-reactive ketones (excluding diaryl/α,β-unsaturated/α-hetero) is 2. The number of likely N-dealkylation sites (tertiary alicyclic amines) is 1. The summed E-state index contributed by atoms with van der Waals surface area (Å²) in [5, 5.41) is 0. The highest BCUT2D eigenvalue weighted by atomic mass is 16.5. The molecule has 1 amide bonds. The van der Waals surface area contributed by atoms with E-state index in [1.165, 1.54) is 0 Å². The van der Waals surface area contributed by atoms with E-state index in [9.17, 15) is 14.4 Å². The lowest BCUT2D eigenvalue weighted by atomic mass is 9.85. The number of nitrogens with one attached hydrogen (secondary N) is 2. The van der Waals surface area contributed by atoms with E-state index < -0.39 is 23.7 Å². The second-order valence-corrected chi connectivity index (χ2v) is 7.62. The number of ether oxygens (including phenoxy) is 1. The van der Waals surface area contributed by atoms with Crippen LogP contribution in [0, 0.1) is 12.8 Å². The number of carbonyl (C=O) groups excluding carboxylic acids is 3. The third-order valence-electron chi connectivity index (χ3n) is 5.33. The number of hydrogen-bond donors (Lipinski definition) is 1. The lowest BCUT2D eigenvalue weighted by molar-refractivity contribution is -0.857. The van der Waals surface area contributed by atoms with Crippen molar-refractivity contribution in [2.24, 2.45) is 5.92 Å². The zero-order chi connectivity index (χ0) is 21.1. The minimum absolute atomic E-state index is 0.332. The van der Waals surface area contributed by atoms with E-state index in [1.54, 1.807) is 49.5 Å². The number of nitrogens with zero attached hydrogens (tertiary/aromatic N) is 1. The SMILES string of the molecule is COc1ccc(C(=O)C2C(=O)C(=O)N(CC[NH+](C)C)C2c2cc[nH+]cc2)c(C)c1. The van der Waals surface area contributed by atoms with Gasteiger partial charge in [0.05, 0.1) is 40.3 Å². The minimum atomic E-state index is -1.06. The number of carbonyl (C=O) groups is 3. The van der Waals surface area contributed by atoms with Gasteiger partial charge < -0.3 is 14.5 Å². The van der Waals surface area contributed by atoms with Crippen LogP contribution in [0.3, 0.4) is 0 Å². The van der Waals surface area contributed by atoms with Gasteiger partial charge in [0, 0.05) is 17.7 Å². The lowest BCUT2D eigenvalue weighted by Gasteiger charge is -2.27. The van der Waals surface area contributed by atoms with Crippen LogP contribution >= 0.6 is 0 Å². The van der Waals surface area contributed by atoms with E-state index in [0.29, 0.717) is 30.0 Å². The number of pyridine rings is 1. The molecule has 2 aromatic rings. The van der Waals surface area contributed by atoms with Gasteiger partial charge >= 0.3 is 0 Å². The molecule has 1 aromatic heterocycles. The summed E-state index contributed by atoms with van der Waals surface area (Å²) in [4.78, 5) is 44.9. The summed E-state index contributed by atoms with van der Waals surface area (Å²) in [6, 6.07) is 8.13. The van der Waals surface area contributed by atoms with Crippen LogP contribution in [0.25, 0.3) is 0 Å². The molecule has 2 unspecified atom stereocenters. The Bertz CT molecular complexity index is 927. The molecule has 3 rings (SSSR count). The monoisotopic (exact) mass is 397 g/mol. The van der Waals surface area contributed by atoms with Crippen LogP contribution in [-0.2, 0) is 9.59 Å². The number of ketones is 2. The highest BCUT2D eigenvalue weighted by Gasteiger charge is 2.52. The number of aromatic nitrogens is 1. The Balaban J connectivity index is 2.03. The standard InChI is InChI=1S/C22H25N3O4/c1-14-13-16(29-4)5-6-17(14)20(26)18-19(15-7-9-23-10-8-15)25(12-11-24(2)3)22(28)21(18)27/h5-10,13,18-19H,11-12H2,1-4H3/p+2. The summed E-state index contributed by atoms with van der Waals surface area (Å²) in [5.74, 6) is -1.99. The normalized spacial score (nSPS) is 19.1. The van der Waals surface area contributed by atoms with Crippen molar-refractivity contribution >= 4 is 17.5 Å². The fourth-order valence-electron chi connectivity index (χ4n) is 3.75. The van der Waals surface area contributed by atoms with Crippen LogP contribution in [0.1, 0.15) is 27.5 Å². The quantitative estimate of drug-likeness (QED) is 0.402. The van der Waals surface area contributed by atoms with Gasteiger partial charge in [0.2, 0.25) is 5.78 Å². The lowest BCUT2D eigenvalue weighted by Crippen LogP contribution is -3.06. The Kier molecular flexibility index (Phi) is 6.08. The smallest absolute Gasteiger partial charge is 0.291 e. The van der Waals surface area contributed by atoms with Gasteiger partial charge in [-0.1, -0.05) is 0 Å². The van der Waals surface area contributed by atoms with Crippen molar-refractivity contribution < 1.29 is 29.0 Å². The Labute approximate surface area is 170 Å². The number of methoxy groups -OCH3 is 1. The van der Waals surface area contributed by atoms with Crippen molar-refractivity contribution in [2.45, 2.75) is 13.0 Å². The van der Waals surface area contributed by atoms with Gasteiger partial charge in [0.25, 0.3) is 5.91 Å². The number of rotatable bonds is 7. The highest BCUT2D eigenvalue weighted by molar-refractivity contribution is 6.44. The van der Waals surface area contributed by atoms with Crippen LogP contribution in [0.5, 0.6) is 5.75 Å². The van der Waals surface area contributed by atoms with Crippen molar-refractivity contribution in [2.75, 3.05) is 34.3 Å². The molecule has 0 saturated carbocycles. The van der Waals surface area contributed by atoms with Crippen LogP contribution in [0.4, 0.5) is 0 Å². The molecule has 0 aliphatic carbocycles. The summed E-state index contributed by atoms with van der Waals surface area (Å²) in [6.07, 6.45) is 3.47. The first kappa shape index (κ1) is 20.7. The molecule has 0 radical (unpaired) electrons. The Hall–Kier alpha value is -3.06. The first-order chi connectivity index (χ1) is 13.8. The topological polar surface area (TPSA) is 82.3 Å². The third-order valence-corrected chi connectivity index (χ3v) is 5.33. The van der Waals surface area contributed by atoms with Crippen LogP contribution in [0.2, 0.25) is 0 Å². The molecule has 1 aliphatic rings. The molecule has 1 fully saturated rings. The predicted molar refractivity (Wildman–Crippen MR) is 106 cm³/mol. The van der Waals surface area contributed by atoms with Crippen LogP contribution in [-0.4, -0.2) is 56.7 Å². The number of likely N-dealkylation sites (N-methyl/N-ethyl adjacent to an activating group) is 1. The number of amides is 1. The molecule has 7 heteroatoms. The first-order valence-corrected chi connectivity index (χ1v) is 9.64. The molecule has 2 heterocycles. The summed E-state index contributed by atoms with van der Waals surface area (Å²) in [7, 11) is 5.53. The Morgan fingerprint density at radius 2 is 1.86 bits per heavy atom. The van der Waals surface area contributed by atoms with Gasteiger partial charge in [-0.15, -0.1) is 0 Å². The summed E-state index contributed by atoms with van der Waals surface area (Å²) < 4.78 is 5.21. The van der Waals surface area contributed by atoms with E-state index in [2.05, 4.69) is 4.98 Å². The molecule has 0 spiro atoms. The fourth-order valence-corrected chi connectivity index (χ4v) is 3.75. The van der Waals surface area contributed by atoms with Gasteiger partial charge in [-0.2, -0.15) is 0 Å². The average molecular weight is 397 g/mol. The molecular weight excluding hydrogens is 370 g/mol. The molecule has 1 saturated heterocycles. The molecule has 152 valence electrons. The van der Waals surface area contributed by atoms with Crippen LogP contribution in [0.15, 0.2) is 42.7 Å². The van der Waals surface area contributed by atoms with Crippen molar-refractivity contribution in [3.8, 4) is 5.75 Å². The second-order valence-electron chi connectivity index (χ2n) is 7.62. The Morgan fingerprint density at radius 1 is 1.17 bits per heavy atom. The van der Waals surface area contributed by atoms with Gasteiger partial charge in [0.1, 0.15) is 11.7 Å². The van der Waals surface area contributed by atoms with E-state index in [4.69, 9.17) is 4.74 Å². The maximum atomic E-state index is 13.4. The second kappa shape index (κ2) is 8.53. The molecule has 29 heavy (non-hydrogen) atoms. The largest absolute Gasteiger partial charge is 0.497 e. The number of hydrogen-bond acceptors (Lipinski definition) is 4. The molecule has 2 N–H and O–H groups in total. The Morgan fingerprint density at radius 3 is 2.45 bits per heavy atom. The molecule has 1 aromatic carbocycles. The van der Waals surface area contributed by atoms with E-state index >= 15 is 0 Å². The maximum Gasteiger partial charge on any atom is 0.291 e. The summed E-state index contributed by atoms with van der Waals surface area (Å²) >= 11 is 0. The van der Waals surface area contributed by atoms with Crippen molar-refractivity contribution in [1.29, 1.82) is 0 Å². The van der Waals surface area contributed by atoms with Crippen molar-refractivity contribution in [3.63, 3.8) is 0 Å². The van der Waals surface area contributed by atoms with E-state index in [0.717, 1.165) is 10.5 Å². The number of quaternary nitrogens is 1. The van der Waals surface area contributed by atoms with E-state index in [-0.39, 0.29) is 5.78 Å². The number of benzene rings is 1. The third kappa shape index (κ3) is 4.05. The predicted octanol–water partition coefficient (Wildman–Crippen LogP) is -0.0863. The van der Waals surface area contributed by atoms with Crippen molar-refractivity contribution in [1.82, 2.24) is 4.90 Å². The summed E-state index contributed by atoms with van der Waals surface area (Å²) in [6.45, 7) is 2.88. The van der Waals surface area contributed by atoms with E-state index in [1.807, 2.05) is 26.2 Å². The first-order valence-electron chi connectivity index (χ1n) is 9.64. The average Bonchev–Trinajstić information content (AvgIpc) is 2.97. The molecule has 7 nitrogen and oxygen atoms in total. The number of H-pyrrole nitrogens is 1. The number of aryl methyl sites for hydroxylation is 1. The molecular formula is C22H27N3O4+2. The van der Waals surface area contributed by atoms with Gasteiger partial charge in [-0.05, 0) is 36.2 Å². The van der Waals surface area contributed by atoms with Crippen LogP contribution < -0.4 is 14.6 Å². The number of aromatic amines is 1. The van der Waals surface area contributed by atoms with Gasteiger partial charge in [0.15, 0.2) is 18.2 Å². The van der Waals surface area contributed by atoms with Gasteiger partial charge in [-0.3, -0.25) is 14.4 Å². The van der Waals surface area contributed by atoms with Crippen molar-refractivity contribution in [3.05, 3.63) is 59.4 Å². The molecule has 2 atom stereocenters. The highest BCUT2D eigenvalue weighted by Crippen LogP contribution is 2.38. The molecule has 0 bridgehead atoms. The minimum Gasteiger partial charge on any atom is -0.497 e. The zero-order valence-electron chi connectivity index (χ0n) is 17.2. The van der Waals surface area contributed by atoms with Gasteiger partial charge in [-0.25, -0.2) is 4.98 Å². The zero-order valence-corrected chi connectivity index (χ0v) is 17.2.